The summed E-state index contributed by atoms with van der Waals surface area (Å²) in [5, 5.41) is 13.5. The van der Waals surface area contributed by atoms with Crippen molar-refractivity contribution in [2.45, 2.75) is 12.5 Å². The number of carboxylic acids is 1. The standard InChI is InChI=1S/C24H18O4/c25-23(26)22(14-16-9-10-17-5-1-3-7-19(17)13-16)28-24(27)21-12-11-18-6-2-4-8-20(18)15-21/h1-13,15,22H,14H2,(H,25,26)/t22-/m1/s1. The van der Waals surface area contributed by atoms with Crippen LogP contribution in [0.4, 0.5) is 0 Å². The minimum Gasteiger partial charge on any atom is -0.478 e. The normalized spacial score (nSPS) is 12.0. The quantitative estimate of drug-likeness (QED) is 0.510. The first-order chi connectivity index (χ1) is 13.6. The number of esters is 1. The number of carbonyl (C=O) groups is 2. The van der Waals surface area contributed by atoms with Crippen LogP contribution in [0.1, 0.15) is 15.9 Å². The summed E-state index contributed by atoms with van der Waals surface area (Å²) in [6.45, 7) is 0. The average molecular weight is 370 g/mol. The lowest BCUT2D eigenvalue weighted by molar-refractivity contribution is -0.147. The number of aliphatic carboxylic acids is 1. The molecule has 138 valence electrons. The zero-order chi connectivity index (χ0) is 19.5. The van der Waals surface area contributed by atoms with E-state index in [1.54, 1.807) is 12.1 Å². The van der Waals surface area contributed by atoms with Gasteiger partial charge in [-0.3, -0.25) is 0 Å². The molecule has 0 aliphatic rings. The number of hydrogen-bond donors (Lipinski definition) is 1. The van der Waals surface area contributed by atoms with E-state index in [2.05, 4.69) is 0 Å². The summed E-state index contributed by atoms with van der Waals surface area (Å²) in [4.78, 5) is 24.2. The third-order valence-corrected chi connectivity index (χ3v) is 4.74. The van der Waals surface area contributed by atoms with Gasteiger partial charge < -0.3 is 9.84 Å². The van der Waals surface area contributed by atoms with Gasteiger partial charge in [-0.25, -0.2) is 9.59 Å². The van der Waals surface area contributed by atoms with Crippen LogP contribution in [0.3, 0.4) is 0 Å². The maximum Gasteiger partial charge on any atom is 0.345 e. The van der Waals surface area contributed by atoms with Crippen molar-refractivity contribution in [3.8, 4) is 0 Å². The van der Waals surface area contributed by atoms with Crippen LogP contribution in [0.25, 0.3) is 21.5 Å². The average Bonchev–Trinajstić information content (AvgIpc) is 2.72. The van der Waals surface area contributed by atoms with Gasteiger partial charge in [0.05, 0.1) is 5.56 Å². The van der Waals surface area contributed by atoms with Gasteiger partial charge in [0.2, 0.25) is 6.10 Å². The molecular formula is C24H18O4. The smallest absolute Gasteiger partial charge is 0.345 e. The Hall–Kier alpha value is -3.66. The van der Waals surface area contributed by atoms with E-state index in [1.165, 1.54) is 0 Å². The Morgan fingerprint density at radius 3 is 1.96 bits per heavy atom. The van der Waals surface area contributed by atoms with Crippen LogP contribution in [0, 0.1) is 0 Å². The Morgan fingerprint density at radius 1 is 0.750 bits per heavy atom. The van der Waals surface area contributed by atoms with Gasteiger partial charge in [0.1, 0.15) is 0 Å². The number of fused-ring (bicyclic) bond motifs is 2. The number of ether oxygens (including phenoxy) is 1. The molecule has 4 aromatic rings. The first kappa shape index (κ1) is 17.7. The second-order valence-electron chi connectivity index (χ2n) is 6.68. The molecule has 28 heavy (non-hydrogen) atoms. The molecule has 4 aromatic carbocycles. The Bertz CT molecular complexity index is 1180. The SMILES string of the molecule is O=C(O[C@H](Cc1ccc2ccccc2c1)C(=O)O)c1ccc2ccccc2c1. The van der Waals surface area contributed by atoms with E-state index in [0.717, 1.165) is 27.1 Å². The third-order valence-electron chi connectivity index (χ3n) is 4.74. The van der Waals surface area contributed by atoms with E-state index in [0.29, 0.717) is 5.56 Å². The Balaban J connectivity index is 1.55. The van der Waals surface area contributed by atoms with Gasteiger partial charge >= 0.3 is 11.9 Å². The highest BCUT2D eigenvalue weighted by Gasteiger charge is 2.23. The summed E-state index contributed by atoms with van der Waals surface area (Å²) in [6.07, 6.45) is -1.14. The minimum atomic E-state index is -1.25. The molecule has 0 saturated heterocycles. The zero-order valence-electron chi connectivity index (χ0n) is 15.0. The molecule has 1 atom stereocenters. The van der Waals surface area contributed by atoms with Crippen molar-refractivity contribution in [1.29, 1.82) is 0 Å². The fraction of sp³-hybridized carbons (Fsp3) is 0.0833. The third kappa shape index (κ3) is 3.71. The number of carbonyl (C=O) groups excluding carboxylic acids is 1. The van der Waals surface area contributed by atoms with Crippen LogP contribution < -0.4 is 0 Å². The summed E-state index contributed by atoms with van der Waals surface area (Å²) in [6, 6.07) is 26.4. The van der Waals surface area contributed by atoms with Gasteiger partial charge in [-0.2, -0.15) is 0 Å². The fourth-order valence-corrected chi connectivity index (χ4v) is 3.27. The van der Waals surface area contributed by atoms with E-state index < -0.39 is 18.0 Å². The Kier molecular flexibility index (Phi) is 4.77. The van der Waals surface area contributed by atoms with Gasteiger partial charge in [-0.05, 0) is 39.2 Å². The van der Waals surface area contributed by atoms with Gasteiger partial charge in [0.15, 0.2) is 0 Å². The highest BCUT2D eigenvalue weighted by Crippen LogP contribution is 2.19. The molecule has 4 rings (SSSR count). The molecule has 1 N–H and O–H groups in total. The molecule has 0 bridgehead atoms. The van der Waals surface area contributed by atoms with Gasteiger partial charge in [0, 0.05) is 6.42 Å². The molecule has 0 aliphatic heterocycles. The molecule has 0 spiro atoms. The molecule has 0 unspecified atom stereocenters. The number of carboxylic acid groups (broad SMARTS) is 1. The lowest BCUT2D eigenvalue weighted by atomic mass is 10.0. The number of rotatable bonds is 5. The van der Waals surface area contributed by atoms with Crippen molar-refractivity contribution in [1.82, 2.24) is 0 Å². The summed E-state index contributed by atoms with van der Waals surface area (Å²) < 4.78 is 5.32. The van der Waals surface area contributed by atoms with Crippen LogP contribution in [-0.2, 0) is 16.0 Å². The van der Waals surface area contributed by atoms with Crippen molar-refractivity contribution >= 4 is 33.5 Å². The molecule has 0 heterocycles. The fourth-order valence-electron chi connectivity index (χ4n) is 3.27. The first-order valence-corrected chi connectivity index (χ1v) is 9.00. The van der Waals surface area contributed by atoms with Crippen LogP contribution >= 0.6 is 0 Å². The number of benzene rings is 4. The summed E-state index contributed by atoms with van der Waals surface area (Å²) in [5.41, 5.74) is 1.14. The molecule has 0 amide bonds. The van der Waals surface area contributed by atoms with Crippen molar-refractivity contribution in [2.24, 2.45) is 0 Å². The van der Waals surface area contributed by atoms with Crippen LogP contribution in [0.2, 0.25) is 0 Å². The van der Waals surface area contributed by atoms with Gasteiger partial charge in [0.25, 0.3) is 0 Å². The topological polar surface area (TPSA) is 63.6 Å². The molecule has 0 radical (unpaired) electrons. The van der Waals surface area contributed by atoms with Crippen LogP contribution in [0.5, 0.6) is 0 Å². The van der Waals surface area contributed by atoms with Crippen molar-refractivity contribution in [2.75, 3.05) is 0 Å². The predicted molar refractivity (Wildman–Crippen MR) is 108 cm³/mol. The van der Waals surface area contributed by atoms with E-state index in [9.17, 15) is 14.7 Å². The minimum absolute atomic E-state index is 0.111. The van der Waals surface area contributed by atoms with E-state index >= 15 is 0 Å². The highest BCUT2D eigenvalue weighted by molar-refractivity contribution is 5.96. The van der Waals surface area contributed by atoms with Crippen molar-refractivity contribution in [3.63, 3.8) is 0 Å². The largest absolute Gasteiger partial charge is 0.478 e. The maximum absolute atomic E-state index is 12.5. The molecule has 4 heteroatoms. The molecule has 0 saturated carbocycles. The Morgan fingerprint density at radius 2 is 1.32 bits per heavy atom. The van der Waals surface area contributed by atoms with E-state index in [-0.39, 0.29) is 6.42 Å². The van der Waals surface area contributed by atoms with E-state index in [1.807, 2.05) is 72.8 Å². The highest BCUT2D eigenvalue weighted by atomic mass is 16.6. The van der Waals surface area contributed by atoms with Crippen LogP contribution in [0.15, 0.2) is 84.9 Å². The monoisotopic (exact) mass is 370 g/mol. The summed E-state index contributed by atoms with van der Waals surface area (Å²) in [5.74, 6) is -1.80. The molecule has 0 fully saturated rings. The van der Waals surface area contributed by atoms with Gasteiger partial charge in [-0.15, -0.1) is 0 Å². The lowest BCUT2D eigenvalue weighted by Gasteiger charge is -2.14. The summed E-state index contributed by atoms with van der Waals surface area (Å²) in [7, 11) is 0. The number of hydrogen-bond acceptors (Lipinski definition) is 3. The second-order valence-corrected chi connectivity index (χ2v) is 6.68. The maximum atomic E-state index is 12.5. The van der Waals surface area contributed by atoms with Crippen LogP contribution in [-0.4, -0.2) is 23.1 Å². The predicted octanol–water partition coefficient (Wildman–Crippen LogP) is 4.85. The molecular weight excluding hydrogens is 352 g/mol. The second kappa shape index (κ2) is 7.53. The van der Waals surface area contributed by atoms with Gasteiger partial charge in [-0.1, -0.05) is 72.8 Å². The zero-order valence-corrected chi connectivity index (χ0v) is 15.0. The molecule has 0 aliphatic carbocycles. The molecule has 0 aromatic heterocycles. The van der Waals surface area contributed by atoms with Crippen molar-refractivity contribution in [3.05, 3.63) is 96.1 Å². The molecule has 4 nitrogen and oxygen atoms in total. The Labute approximate surface area is 162 Å². The van der Waals surface area contributed by atoms with Crippen molar-refractivity contribution < 1.29 is 19.4 Å². The lowest BCUT2D eigenvalue weighted by Crippen LogP contribution is -2.29. The van der Waals surface area contributed by atoms with E-state index in [4.69, 9.17) is 4.74 Å². The first-order valence-electron chi connectivity index (χ1n) is 9.00. The summed E-state index contributed by atoms with van der Waals surface area (Å²) >= 11 is 0.